The van der Waals surface area contributed by atoms with Gasteiger partial charge in [-0.2, -0.15) is 0 Å². The third-order valence-corrected chi connectivity index (χ3v) is 4.38. The first kappa shape index (κ1) is 14.5. The molecule has 0 atom stereocenters. The van der Waals surface area contributed by atoms with E-state index in [1.165, 1.54) is 30.3 Å². The Morgan fingerprint density at radius 3 is 2.26 bits per heavy atom. The average molecular weight is 365 g/mol. The van der Waals surface area contributed by atoms with Crippen LogP contribution in [0, 0.1) is 5.82 Å². The monoisotopic (exact) mass is 363 g/mol. The molecule has 0 radical (unpaired) electrons. The fourth-order valence-corrected chi connectivity index (χ4v) is 3.41. The van der Waals surface area contributed by atoms with Gasteiger partial charge in [0, 0.05) is 10.0 Å². The minimum Gasteiger partial charge on any atom is -0.225 e. The van der Waals surface area contributed by atoms with Crippen LogP contribution in [-0.2, 0) is 10.0 Å². The van der Waals surface area contributed by atoms with Gasteiger partial charge >= 0.3 is 0 Å². The van der Waals surface area contributed by atoms with Crippen LogP contribution in [0.25, 0.3) is 11.1 Å². The van der Waals surface area contributed by atoms with Crippen molar-refractivity contribution >= 4 is 37.6 Å². The molecule has 0 aliphatic heterocycles. The van der Waals surface area contributed by atoms with Crippen molar-refractivity contribution in [1.29, 1.82) is 0 Å². The highest BCUT2D eigenvalue weighted by molar-refractivity contribution is 9.10. The van der Waals surface area contributed by atoms with Gasteiger partial charge in [-0.1, -0.05) is 39.7 Å². The summed E-state index contributed by atoms with van der Waals surface area (Å²) in [6.45, 7) is 0. The highest BCUT2D eigenvalue weighted by atomic mass is 79.9. The Kier molecular flexibility index (Phi) is 3.96. The Morgan fingerprint density at radius 1 is 1.16 bits per heavy atom. The van der Waals surface area contributed by atoms with Gasteiger partial charge in [-0.15, -0.1) is 0 Å². The minimum absolute atomic E-state index is 0.0114. The van der Waals surface area contributed by atoms with E-state index in [9.17, 15) is 12.8 Å². The van der Waals surface area contributed by atoms with E-state index in [1.807, 2.05) is 0 Å². The lowest BCUT2D eigenvalue weighted by Crippen LogP contribution is -2.13. The smallest absolute Gasteiger partial charge is 0.225 e. The molecular weight excluding hydrogens is 357 g/mol. The molecular formula is C12H8BrClFNO2S. The summed E-state index contributed by atoms with van der Waals surface area (Å²) in [5.74, 6) is -0.387. The third-order valence-electron chi connectivity index (χ3n) is 2.47. The summed E-state index contributed by atoms with van der Waals surface area (Å²) in [6, 6.07) is 8.52. The predicted octanol–water partition coefficient (Wildman–Crippen LogP) is 3.56. The van der Waals surface area contributed by atoms with E-state index in [2.05, 4.69) is 15.9 Å². The topological polar surface area (TPSA) is 60.2 Å². The number of hydrogen-bond acceptors (Lipinski definition) is 2. The zero-order valence-electron chi connectivity index (χ0n) is 9.40. The van der Waals surface area contributed by atoms with E-state index in [4.69, 9.17) is 16.7 Å². The summed E-state index contributed by atoms with van der Waals surface area (Å²) in [7, 11) is -3.93. The summed E-state index contributed by atoms with van der Waals surface area (Å²) < 4.78 is 36.3. The zero-order valence-corrected chi connectivity index (χ0v) is 12.6. The Morgan fingerprint density at radius 2 is 1.74 bits per heavy atom. The Bertz CT molecular complexity index is 732. The molecule has 0 aromatic heterocycles. The summed E-state index contributed by atoms with van der Waals surface area (Å²) in [5.41, 5.74) is 1.05. The van der Waals surface area contributed by atoms with Crippen molar-refractivity contribution in [1.82, 2.24) is 0 Å². The lowest BCUT2D eigenvalue weighted by molar-refractivity contribution is 0.598. The van der Waals surface area contributed by atoms with Gasteiger partial charge < -0.3 is 0 Å². The van der Waals surface area contributed by atoms with Crippen molar-refractivity contribution in [3.8, 4) is 11.1 Å². The van der Waals surface area contributed by atoms with Gasteiger partial charge in [0.25, 0.3) is 0 Å². The lowest BCUT2D eigenvalue weighted by Gasteiger charge is -2.09. The lowest BCUT2D eigenvalue weighted by atomic mass is 10.1. The van der Waals surface area contributed by atoms with Crippen molar-refractivity contribution in [2.75, 3.05) is 0 Å². The number of sulfonamides is 1. The van der Waals surface area contributed by atoms with Crippen LogP contribution >= 0.6 is 27.5 Å². The van der Waals surface area contributed by atoms with Crippen molar-refractivity contribution in [2.45, 2.75) is 4.90 Å². The molecule has 0 heterocycles. The standard InChI is InChI=1S/C12H8BrClFNO2S/c13-8-5-10(7-1-3-9(15)4-2-7)12(14)11(6-8)19(16,17)18/h1-6H,(H2,16,17,18). The first-order chi connectivity index (χ1) is 8.79. The molecule has 0 fully saturated rings. The summed E-state index contributed by atoms with van der Waals surface area (Å²) in [4.78, 5) is -0.178. The number of primary sulfonamides is 1. The molecule has 2 rings (SSSR count). The van der Waals surface area contributed by atoms with Crippen molar-refractivity contribution < 1.29 is 12.8 Å². The highest BCUT2D eigenvalue weighted by Crippen LogP contribution is 2.35. The second-order valence-electron chi connectivity index (χ2n) is 3.82. The van der Waals surface area contributed by atoms with Crippen LogP contribution in [0.3, 0.4) is 0 Å². The van der Waals surface area contributed by atoms with Crippen molar-refractivity contribution in [3.05, 3.63) is 51.7 Å². The molecule has 2 aromatic carbocycles. The molecule has 0 bridgehead atoms. The molecule has 2 N–H and O–H groups in total. The molecule has 100 valence electrons. The van der Waals surface area contributed by atoms with Crippen LogP contribution in [0.4, 0.5) is 4.39 Å². The predicted molar refractivity (Wildman–Crippen MR) is 75.9 cm³/mol. The summed E-state index contributed by atoms with van der Waals surface area (Å²) in [5, 5.41) is 5.12. The van der Waals surface area contributed by atoms with Gasteiger partial charge in [-0.25, -0.2) is 17.9 Å². The van der Waals surface area contributed by atoms with Gasteiger partial charge in [0.1, 0.15) is 10.7 Å². The van der Waals surface area contributed by atoms with E-state index in [-0.39, 0.29) is 15.7 Å². The number of nitrogens with two attached hydrogens (primary N) is 1. The zero-order chi connectivity index (χ0) is 14.2. The van der Waals surface area contributed by atoms with Crippen LogP contribution in [-0.4, -0.2) is 8.42 Å². The van der Waals surface area contributed by atoms with Crippen molar-refractivity contribution in [3.63, 3.8) is 0 Å². The molecule has 0 unspecified atom stereocenters. The Hall–Kier alpha value is -0.950. The molecule has 19 heavy (non-hydrogen) atoms. The van der Waals surface area contributed by atoms with Gasteiger partial charge in [0.2, 0.25) is 10.0 Å². The van der Waals surface area contributed by atoms with Gasteiger partial charge in [0.05, 0.1) is 5.02 Å². The Labute approximate surface area is 123 Å². The molecule has 0 amide bonds. The van der Waals surface area contributed by atoms with Crippen LogP contribution in [0.1, 0.15) is 0 Å². The van der Waals surface area contributed by atoms with Crippen LogP contribution < -0.4 is 5.14 Å². The average Bonchev–Trinajstić information content (AvgIpc) is 2.31. The van der Waals surface area contributed by atoms with Gasteiger partial charge in [-0.05, 0) is 29.8 Å². The molecule has 0 saturated carbocycles. The summed E-state index contributed by atoms with van der Waals surface area (Å²) in [6.07, 6.45) is 0. The maximum atomic E-state index is 12.9. The van der Waals surface area contributed by atoms with Gasteiger partial charge in [-0.3, -0.25) is 0 Å². The van der Waals surface area contributed by atoms with E-state index < -0.39 is 10.0 Å². The molecule has 0 aliphatic rings. The normalized spacial score (nSPS) is 11.6. The van der Waals surface area contributed by atoms with Crippen molar-refractivity contribution in [2.24, 2.45) is 5.14 Å². The molecule has 0 aliphatic carbocycles. The Balaban J connectivity index is 2.71. The first-order valence-corrected chi connectivity index (χ1v) is 7.78. The fraction of sp³-hybridized carbons (Fsp3) is 0. The number of halogens is 3. The SMILES string of the molecule is NS(=O)(=O)c1cc(Br)cc(-c2ccc(F)cc2)c1Cl. The third kappa shape index (κ3) is 3.14. The molecule has 0 spiro atoms. The molecule has 2 aromatic rings. The molecule has 3 nitrogen and oxygen atoms in total. The molecule has 0 saturated heterocycles. The van der Waals surface area contributed by atoms with Gasteiger partial charge in [0.15, 0.2) is 0 Å². The second kappa shape index (κ2) is 5.20. The van der Waals surface area contributed by atoms with Crippen LogP contribution in [0.5, 0.6) is 0 Å². The van der Waals surface area contributed by atoms with E-state index in [0.29, 0.717) is 15.6 Å². The fourth-order valence-electron chi connectivity index (χ4n) is 1.61. The van der Waals surface area contributed by atoms with E-state index >= 15 is 0 Å². The molecule has 7 heteroatoms. The van der Waals surface area contributed by atoms with E-state index in [0.717, 1.165) is 0 Å². The number of hydrogen-bond donors (Lipinski definition) is 1. The second-order valence-corrected chi connectivity index (χ2v) is 6.64. The van der Waals surface area contributed by atoms with Crippen LogP contribution in [0.15, 0.2) is 45.8 Å². The maximum absolute atomic E-state index is 12.9. The largest absolute Gasteiger partial charge is 0.239 e. The maximum Gasteiger partial charge on any atom is 0.239 e. The minimum atomic E-state index is -3.93. The van der Waals surface area contributed by atoms with E-state index in [1.54, 1.807) is 6.07 Å². The van der Waals surface area contributed by atoms with Crippen LogP contribution in [0.2, 0.25) is 5.02 Å². The summed E-state index contributed by atoms with van der Waals surface area (Å²) >= 11 is 9.26. The highest BCUT2D eigenvalue weighted by Gasteiger charge is 2.18. The quantitative estimate of drug-likeness (QED) is 0.886. The number of rotatable bonds is 2. The first-order valence-electron chi connectivity index (χ1n) is 5.07. The number of benzene rings is 2.